The maximum absolute atomic E-state index is 12.1. The van der Waals surface area contributed by atoms with Gasteiger partial charge in [0.05, 0.1) is 17.8 Å². The average molecular weight is 240 g/mol. The molecule has 1 rings (SSSR count). The summed E-state index contributed by atoms with van der Waals surface area (Å²) in [6.07, 6.45) is 1.95. The summed E-state index contributed by atoms with van der Waals surface area (Å²) in [4.78, 5) is -0.161. The van der Waals surface area contributed by atoms with Gasteiger partial charge in [0, 0.05) is 6.20 Å². The Hall–Kier alpha value is -1.22. The van der Waals surface area contributed by atoms with Crippen LogP contribution < -0.4 is 5.73 Å². The quantitative estimate of drug-likeness (QED) is 0.360. The van der Waals surface area contributed by atoms with Gasteiger partial charge in [0.15, 0.2) is 0 Å². The third-order valence-electron chi connectivity index (χ3n) is 1.35. The van der Waals surface area contributed by atoms with Crippen molar-refractivity contribution in [1.29, 1.82) is 0 Å². The number of alkyl halides is 3. The van der Waals surface area contributed by atoms with E-state index < -0.39 is 5.51 Å². The number of nitrogens with zero attached hydrogens (tertiary/aromatic N) is 3. The Morgan fingerprint density at radius 3 is 2.80 bits per heavy atom. The third kappa shape index (κ3) is 3.44. The molecule has 15 heavy (non-hydrogen) atoms. The lowest BCUT2D eigenvalue weighted by molar-refractivity contribution is -0.0328. The van der Waals surface area contributed by atoms with Crippen LogP contribution in [0.15, 0.2) is 16.2 Å². The van der Waals surface area contributed by atoms with Crippen molar-refractivity contribution in [3.8, 4) is 0 Å². The fourth-order valence-corrected chi connectivity index (χ4v) is 1.48. The molecular weight excluding hydrogens is 233 g/mol. The summed E-state index contributed by atoms with van der Waals surface area (Å²) in [5.74, 6) is 0. The summed E-state index contributed by atoms with van der Waals surface area (Å²) in [6, 6.07) is 0. The monoisotopic (exact) mass is 240 g/mol. The van der Waals surface area contributed by atoms with Crippen molar-refractivity contribution in [2.75, 3.05) is 0 Å². The molecule has 0 aliphatic rings. The van der Waals surface area contributed by atoms with Crippen molar-refractivity contribution in [2.45, 2.75) is 17.1 Å². The first-order valence-electron chi connectivity index (χ1n) is 3.67. The summed E-state index contributed by atoms with van der Waals surface area (Å²) >= 11 is -0.338. The van der Waals surface area contributed by atoms with Crippen molar-refractivity contribution >= 4 is 18.0 Å². The number of nitrogens with two attached hydrogens (primary N) is 1. The van der Waals surface area contributed by atoms with E-state index in [0.717, 1.165) is 17.1 Å². The Kier molecular flexibility index (Phi) is 3.58. The van der Waals surface area contributed by atoms with Crippen molar-refractivity contribution in [2.24, 2.45) is 10.9 Å². The number of hydrogen-bond donors (Lipinski definition) is 2. The molecule has 0 bridgehead atoms. The lowest BCUT2D eigenvalue weighted by Gasteiger charge is -2.02. The van der Waals surface area contributed by atoms with Crippen LogP contribution in [-0.4, -0.2) is 26.7 Å². The van der Waals surface area contributed by atoms with E-state index in [0.29, 0.717) is 0 Å². The van der Waals surface area contributed by atoms with Crippen LogP contribution in [0.3, 0.4) is 0 Å². The number of thioether (sulfide) groups is 1. The fraction of sp³-hybridized carbons (Fsp3) is 0.333. The summed E-state index contributed by atoms with van der Waals surface area (Å²) < 4.78 is 37.3. The molecular formula is C6H7F3N4OS. The second-order valence-electron chi connectivity index (χ2n) is 2.39. The van der Waals surface area contributed by atoms with Crippen molar-refractivity contribution in [1.82, 2.24) is 9.78 Å². The molecule has 0 atom stereocenters. The zero-order chi connectivity index (χ0) is 11.5. The predicted octanol–water partition coefficient (Wildman–Crippen LogP) is 1.22. The van der Waals surface area contributed by atoms with Crippen LogP contribution in [0.5, 0.6) is 0 Å². The van der Waals surface area contributed by atoms with Crippen LogP contribution in [0.4, 0.5) is 13.2 Å². The fourth-order valence-electron chi connectivity index (χ4n) is 0.859. The van der Waals surface area contributed by atoms with E-state index >= 15 is 0 Å². The van der Waals surface area contributed by atoms with Gasteiger partial charge in [-0.1, -0.05) is 5.16 Å². The molecule has 1 aromatic rings. The molecule has 0 spiro atoms. The minimum Gasteiger partial charge on any atom is -0.411 e. The lowest BCUT2D eigenvalue weighted by atomic mass is 10.5. The van der Waals surface area contributed by atoms with Gasteiger partial charge in [-0.15, -0.1) is 0 Å². The molecule has 0 unspecified atom stereocenters. The van der Waals surface area contributed by atoms with Crippen LogP contribution in [0.2, 0.25) is 0 Å². The molecule has 0 aliphatic carbocycles. The van der Waals surface area contributed by atoms with Crippen molar-refractivity contribution in [3.63, 3.8) is 0 Å². The molecule has 0 aliphatic heterocycles. The Balaban J connectivity index is 2.98. The number of hydrogen-bond acceptors (Lipinski definition) is 5. The Morgan fingerprint density at radius 2 is 2.33 bits per heavy atom. The maximum Gasteiger partial charge on any atom is 0.446 e. The highest BCUT2D eigenvalue weighted by Gasteiger charge is 2.31. The Labute approximate surface area is 86.7 Å². The average Bonchev–Trinajstić information content (AvgIpc) is 2.46. The molecule has 0 fully saturated rings. The smallest absolute Gasteiger partial charge is 0.411 e. The normalized spacial score (nSPS) is 12.5. The minimum absolute atomic E-state index is 0.0509. The van der Waals surface area contributed by atoms with Gasteiger partial charge < -0.3 is 10.9 Å². The van der Waals surface area contributed by atoms with Gasteiger partial charge in [0.1, 0.15) is 5.69 Å². The summed E-state index contributed by atoms with van der Waals surface area (Å²) in [7, 11) is 0. The van der Waals surface area contributed by atoms with E-state index in [9.17, 15) is 13.2 Å². The van der Waals surface area contributed by atoms with Crippen LogP contribution in [0, 0.1) is 0 Å². The molecule has 84 valence electrons. The highest BCUT2D eigenvalue weighted by atomic mass is 32.2. The topological polar surface area (TPSA) is 76.4 Å². The first kappa shape index (κ1) is 11.9. The molecule has 0 aromatic carbocycles. The second-order valence-corrected chi connectivity index (χ2v) is 3.50. The summed E-state index contributed by atoms with van der Waals surface area (Å²) in [6.45, 7) is -0.0509. The van der Waals surface area contributed by atoms with Gasteiger partial charge in [-0.25, -0.2) is 0 Å². The number of rotatable bonds is 3. The highest BCUT2D eigenvalue weighted by Crippen LogP contribution is 2.37. The van der Waals surface area contributed by atoms with Gasteiger partial charge in [-0.2, -0.15) is 18.3 Å². The van der Waals surface area contributed by atoms with Crippen LogP contribution >= 0.6 is 11.8 Å². The third-order valence-corrected chi connectivity index (χ3v) is 2.11. The van der Waals surface area contributed by atoms with Gasteiger partial charge in [0.25, 0.3) is 0 Å². The van der Waals surface area contributed by atoms with E-state index in [2.05, 4.69) is 10.3 Å². The molecule has 3 N–H and O–H groups in total. The second kappa shape index (κ2) is 4.53. The zero-order valence-corrected chi connectivity index (χ0v) is 8.09. The summed E-state index contributed by atoms with van der Waals surface area (Å²) in [5.41, 5.74) is 0.700. The van der Waals surface area contributed by atoms with Gasteiger partial charge >= 0.3 is 5.51 Å². The molecule has 0 saturated carbocycles. The minimum atomic E-state index is -4.42. The van der Waals surface area contributed by atoms with E-state index in [1.807, 2.05) is 0 Å². The molecule has 1 aromatic heterocycles. The molecule has 1 heterocycles. The molecule has 0 saturated heterocycles. The van der Waals surface area contributed by atoms with E-state index in [1.54, 1.807) is 0 Å². The van der Waals surface area contributed by atoms with E-state index in [4.69, 9.17) is 10.9 Å². The maximum atomic E-state index is 12.1. The van der Waals surface area contributed by atoms with Gasteiger partial charge in [0.2, 0.25) is 0 Å². The first-order valence-corrected chi connectivity index (χ1v) is 4.48. The molecule has 5 nitrogen and oxygen atoms in total. The molecule has 9 heteroatoms. The Bertz CT molecular complexity index is 362. The highest BCUT2D eigenvalue weighted by molar-refractivity contribution is 8.00. The Morgan fingerprint density at radius 1 is 1.67 bits per heavy atom. The summed E-state index contributed by atoms with van der Waals surface area (Å²) in [5, 5.41) is 14.5. The molecule has 0 amide bonds. The largest absolute Gasteiger partial charge is 0.446 e. The van der Waals surface area contributed by atoms with Crippen molar-refractivity contribution < 1.29 is 18.4 Å². The lowest BCUT2D eigenvalue weighted by Crippen LogP contribution is -2.07. The standard InChI is InChI=1S/C6H7F3N4OS/c7-6(8,9)15-5-2-13(3-10)12-4(5)1-11-14/h1-2,14H,3,10H2. The SMILES string of the molecule is NCn1cc(SC(F)(F)F)c(C=NO)n1. The van der Waals surface area contributed by atoms with Gasteiger partial charge in [-0.05, 0) is 11.8 Å². The number of oxime groups is 1. The van der Waals surface area contributed by atoms with Crippen molar-refractivity contribution in [3.05, 3.63) is 11.9 Å². The molecule has 0 radical (unpaired) electrons. The van der Waals surface area contributed by atoms with Crippen LogP contribution in [0.25, 0.3) is 0 Å². The van der Waals surface area contributed by atoms with E-state index in [1.165, 1.54) is 0 Å². The number of aromatic nitrogens is 2. The van der Waals surface area contributed by atoms with E-state index in [-0.39, 0.29) is 29.0 Å². The first-order chi connectivity index (χ1) is 6.96. The van der Waals surface area contributed by atoms with Crippen LogP contribution in [-0.2, 0) is 6.67 Å². The zero-order valence-electron chi connectivity index (χ0n) is 7.27. The number of halogens is 3. The van der Waals surface area contributed by atoms with Crippen LogP contribution in [0.1, 0.15) is 5.69 Å². The predicted molar refractivity (Wildman–Crippen MR) is 47.7 cm³/mol. The van der Waals surface area contributed by atoms with Gasteiger partial charge in [-0.3, -0.25) is 4.68 Å².